The molecule has 2 N–H and O–H groups in total. The Bertz CT molecular complexity index is 622. The van der Waals surface area contributed by atoms with Gasteiger partial charge in [-0.05, 0) is 25.0 Å². The molecule has 0 saturated carbocycles. The molecule has 0 atom stereocenters. The summed E-state index contributed by atoms with van der Waals surface area (Å²) in [6.45, 7) is 6.88. The molecule has 0 amide bonds. The molecule has 0 spiro atoms. The van der Waals surface area contributed by atoms with Crippen molar-refractivity contribution in [3.8, 4) is 0 Å². The number of ether oxygens (including phenoxy) is 1. The van der Waals surface area contributed by atoms with Crippen molar-refractivity contribution in [3.05, 3.63) is 51.5 Å². The van der Waals surface area contributed by atoms with Gasteiger partial charge >= 0.3 is 0 Å². The number of hydrogen-bond acceptors (Lipinski definition) is 4. The van der Waals surface area contributed by atoms with Crippen molar-refractivity contribution >= 4 is 17.3 Å². The Morgan fingerprint density at radius 3 is 2.48 bits per heavy atom. The summed E-state index contributed by atoms with van der Waals surface area (Å²) in [6, 6.07) is 8.42. The summed E-state index contributed by atoms with van der Waals surface area (Å²) in [4.78, 5) is 9.79. The Morgan fingerprint density at radius 1 is 1.17 bits per heavy atom. The largest absolute Gasteiger partial charge is 0.377 e. The van der Waals surface area contributed by atoms with Gasteiger partial charge in [-0.25, -0.2) is 4.98 Å². The van der Waals surface area contributed by atoms with Crippen LogP contribution < -0.4 is 10.6 Å². The first kappa shape index (κ1) is 17.4. The average molecular weight is 332 g/mol. The van der Waals surface area contributed by atoms with E-state index in [1.54, 1.807) is 18.4 Å². The van der Waals surface area contributed by atoms with Crippen molar-refractivity contribution in [1.82, 2.24) is 15.6 Å². The first-order valence-electron chi connectivity index (χ1n) is 7.72. The van der Waals surface area contributed by atoms with E-state index in [0.29, 0.717) is 13.2 Å². The fourth-order valence-corrected chi connectivity index (χ4v) is 2.75. The van der Waals surface area contributed by atoms with E-state index in [1.165, 1.54) is 16.0 Å². The summed E-state index contributed by atoms with van der Waals surface area (Å²) in [5.41, 5.74) is 2.40. The van der Waals surface area contributed by atoms with E-state index < -0.39 is 0 Å². The van der Waals surface area contributed by atoms with Gasteiger partial charge < -0.3 is 15.4 Å². The van der Waals surface area contributed by atoms with Crippen molar-refractivity contribution in [1.29, 1.82) is 0 Å². The molecule has 0 unspecified atom stereocenters. The van der Waals surface area contributed by atoms with Crippen LogP contribution in [0, 0.1) is 6.92 Å². The van der Waals surface area contributed by atoms with Gasteiger partial charge in [-0.2, -0.15) is 0 Å². The number of thiazole rings is 1. The first-order chi connectivity index (χ1) is 11.2. The van der Waals surface area contributed by atoms with Gasteiger partial charge in [0.25, 0.3) is 0 Å². The number of hydrogen-bond donors (Lipinski definition) is 2. The lowest BCUT2D eigenvalue weighted by Crippen LogP contribution is -2.36. The van der Waals surface area contributed by atoms with Gasteiger partial charge in [-0.3, -0.25) is 4.99 Å². The summed E-state index contributed by atoms with van der Waals surface area (Å²) < 4.78 is 5.40. The molecule has 0 bridgehead atoms. The molecule has 0 aliphatic rings. The van der Waals surface area contributed by atoms with Crippen LogP contribution in [0.15, 0.2) is 35.5 Å². The summed E-state index contributed by atoms with van der Waals surface area (Å²) in [5, 5.41) is 7.65. The number of aliphatic imine (C=N–C) groups is 1. The fraction of sp³-hybridized carbons (Fsp3) is 0.412. The van der Waals surface area contributed by atoms with Gasteiger partial charge in [0.1, 0.15) is 5.01 Å². The second-order valence-corrected chi connectivity index (χ2v) is 6.42. The maximum atomic E-state index is 5.40. The molecule has 23 heavy (non-hydrogen) atoms. The van der Waals surface area contributed by atoms with Gasteiger partial charge in [0.05, 0.1) is 13.2 Å². The van der Waals surface area contributed by atoms with E-state index >= 15 is 0 Å². The van der Waals surface area contributed by atoms with Crippen LogP contribution in [0.4, 0.5) is 0 Å². The van der Waals surface area contributed by atoms with Crippen molar-refractivity contribution in [2.24, 2.45) is 4.99 Å². The quantitative estimate of drug-likeness (QED) is 0.605. The van der Waals surface area contributed by atoms with Crippen molar-refractivity contribution in [2.75, 3.05) is 13.7 Å². The van der Waals surface area contributed by atoms with Crippen LogP contribution in [0.1, 0.15) is 27.9 Å². The molecule has 6 heteroatoms. The van der Waals surface area contributed by atoms with E-state index in [4.69, 9.17) is 4.74 Å². The van der Waals surface area contributed by atoms with Gasteiger partial charge in [0.2, 0.25) is 0 Å². The Hall–Kier alpha value is -1.92. The Balaban J connectivity index is 1.78. The highest BCUT2D eigenvalue weighted by atomic mass is 32.1. The number of aromatic nitrogens is 1. The van der Waals surface area contributed by atoms with E-state index in [2.05, 4.69) is 51.8 Å². The van der Waals surface area contributed by atoms with Gasteiger partial charge in [-0.1, -0.05) is 24.3 Å². The predicted octanol–water partition coefficient (Wildman–Crippen LogP) is 2.85. The molecule has 1 heterocycles. The SMILES string of the molecule is CCOCc1ccc(CNC(=NC)NCc2ncc(C)s2)cc1. The van der Waals surface area contributed by atoms with Crippen LogP contribution >= 0.6 is 11.3 Å². The molecule has 124 valence electrons. The van der Waals surface area contributed by atoms with Gasteiger partial charge in [0, 0.05) is 31.3 Å². The second-order valence-electron chi connectivity index (χ2n) is 5.10. The van der Waals surface area contributed by atoms with E-state index in [9.17, 15) is 0 Å². The summed E-state index contributed by atoms with van der Waals surface area (Å²) in [5.74, 6) is 0.774. The Kier molecular flexibility index (Phi) is 7.03. The van der Waals surface area contributed by atoms with E-state index in [-0.39, 0.29) is 0 Å². The number of nitrogens with zero attached hydrogens (tertiary/aromatic N) is 2. The Labute approximate surface area is 141 Å². The second kappa shape index (κ2) is 9.27. The third kappa shape index (κ3) is 6.00. The highest BCUT2D eigenvalue weighted by Crippen LogP contribution is 2.10. The van der Waals surface area contributed by atoms with Crippen LogP contribution in [0.25, 0.3) is 0 Å². The summed E-state index contributed by atoms with van der Waals surface area (Å²) >= 11 is 1.69. The molecule has 0 aliphatic heterocycles. The number of benzene rings is 1. The van der Waals surface area contributed by atoms with Crippen molar-refractivity contribution in [2.45, 2.75) is 33.5 Å². The van der Waals surface area contributed by atoms with E-state index in [1.807, 2.05) is 13.1 Å². The first-order valence-corrected chi connectivity index (χ1v) is 8.54. The zero-order valence-corrected chi connectivity index (χ0v) is 14.7. The topological polar surface area (TPSA) is 58.5 Å². The highest BCUT2D eigenvalue weighted by Gasteiger charge is 2.02. The molecule has 0 aliphatic carbocycles. The van der Waals surface area contributed by atoms with Crippen molar-refractivity contribution in [3.63, 3.8) is 0 Å². The maximum absolute atomic E-state index is 5.40. The molecule has 0 radical (unpaired) electrons. The standard InChI is InChI=1S/C17H24N4OS/c1-4-22-12-15-7-5-14(6-8-15)10-20-17(18-3)21-11-16-19-9-13(2)23-16/h5-9H,4,10-12H2,1-3H3,(H2,18,20,21). The molecule has 2 aromatic rings. The number of aryl methyl sites for hydroxylation is 1. The molecule has 5 nitrogen and oxygen atoms in total. The monoisotopic (exact) mass is 332 g/mol. The third-order valence-electron chi connectivity index (χ3n) is 3.26. The smallest absolute Gasteiger partial charge is 0.191 e. The lowest BCUT2D eigenvalue weighted by molar-refractivity contribution is 0.134. The molecule has 1 aromatic heterocycles. The molecular formula is C17H24N4OS. The number of guanidine groups is 1. The third-order valence-corrected chi connectivity index (χ3v) is 4.17. The lowest BCUT2D eigenvalue weighted by atomic mass is 10.1. The normalized spacial score (nSPS) is 11.5. The van der Waals surface area contributed by atoms with Crippen molar-refractivity contribution < 1.29 is 4.74 Å². The van der Waals surface area contributed by atoms with Crippen LogP contribution in [0.3, 0.4) is 0 Å². The highest BCUT2D eigenvalue weighted by molar-refractivity contribution is 7.11. The predicted molar refractivity (Wildman–Crippen MR) is 95.7 cm³/mol. The van der Waals surface area contributed by atoms with Crippen LogP contribution in [0.5, 0.6) is 0 Å². The minimum Gasteiger partial charge on any atom is -0.377 e. The number of nitrogens with one attached hydrogen (secondary N) is 2. The summed E-state index contributed by atoms with van der Waals surface area (Å²) in [7, 11) is 1.77. The average Bonchev–Trinajstić information content (AvgIpc) is 2.99. The zero-order valence-electron chi connectivity index (χ0n) is 13.9. The number of rotatable bonds is 7. The zero-order chi connectivity index (χ0) is 16.5. The fourth-order valence-electron chi connectivity index (χ4n) is 2.02. The van der Waals surface area contributed by atoms with Gasteiger partial charge in [0.15, 0.2) is 5.96 Å². The molecule has 1 aromatic carbocycles. The van der Waals surface area contributed by atoms with Crippen LogP contribution in [-0.2, 0) is 24.4 Å². The summed E-state index contributed by atoms with van der Waals surface area (Å²) in [6.07, 6.45) is 1.89. The lowest BCUT2D eigenvalue weighted by Gasteiger charge is -2.11. The molecule has 0 fully saturated rings. The maximum Gasteiger partial charge on any atom is 0.191 e. The Morgan fingerprint density at radius 2 is 1.87 bits per heavy atom. The molecular weight excluding hydrogens is 308 g/mol. The van der Waals surface area contributed by atoms with E-state index in [0.717, 1.165) is 24.1 Å². The van der Waals surface area contributed by atoms with Crippen LogP contribution in [-0.4, -0.2) is 24.6 Å². The minimum absolute atomic E-state index is 0.667. The molecule has 2 rings (SSSR count). The molecule has 0 saturated heterocycles. The minimum atomic E-state index is 0.667. The van der Waals surface area contributed by atoms with Gasteiger partial charge in [-0.15, -0.1) is 11.3 Å². The van der Waals surface area contributed by atoms with Crippen LogP contribution in [0.2, 0.25) is 0 Å².